The third-order valence-corrected chi connectivity index (χ3v) is 15.1. The SMILES string of the molecule is C=C[C@@H]1C[C@]1(NC(=O)[C@@H]1C[C@@H](Oc2cc(-n3ccc(C(C)C)n3)nc3c(Cl)c(OCCN4CCOCC4)ccc23)[C@H]2CN(C(=O)OC(C)(C)C)[C@H](C(C)C)C(=O)N21)C(=O)NS(=O)(=O)C1CC1. The van der Waals surface area contributed by atoms with Gasteiger partial charge in [-0.1, -0.05) is 45.4 Å². The number of hydrogen-bond acceptors (Lipinski definition) is 13. The summed E-state index contributed by atoms with van der Waals surface area (Å²) in [5, 5.41) is 7.74. The minimum atomic E-state index is -3.95. The summed E-state index contributed by atoms with van der Waals surface area (Å²) in [7, 11) is -3.95. The van der Waals surface area contributed by atoms with Crippen molar-refractivity contribution in [2.75, 3.05) is 46.0 Å². The summed E-state index contributed by atoms with van der Waals surface area (Å²) in [4.78, 5) is 67.5. The maximum absolute atomic E-state index is 14.9. The van der Waals surface area contributed by atoms with Crippen LogP contribution >= 0.6 is 11.6 Å². The number of aromatic nitrogens is 3. The van der Waals surface area contributed by atoms with E-state index in [0.29, 0.717) is 67.4 Å². The topological polar surface area (TPSA) is 204 Å². The molecule has 5 fully saturated rings. The Kier molecular flexibility index (Phi) is 13.1. The van der Waals surface area contributed by atoms with E-state index in [1.165, 1.54) is 15.9 Å². The van der Waals surface area contributed by atoms with E-state index in [1.807, 2.05) is 33.8 Å². The Morgan fingerprint density at radius 2 is 1.82 bits per heavy atom. The summed E-state index contributed by atoms with van der Waals surface area (Å²) in [6, 6.07) is 4.10. The normalized spacial score (nSPS) is 25.8. The van der Waals surface area contributed by atoms with Gasteiger partial charge in [-0.05, 0) is 70.1 Å². The Morgan fingerprint density at radius 3 is 2.44 bits per heavy atom. The first-order valence-electron chi connectivity index (χ1n) is 22.8. The molecule has 3 saturated heterocycles. The number of nitrogens with one attached hydrogen (secondary N) is 2. The third-order valence-electron chi connectivity index (χ3n) is 12.9. The molecule has 2 aromatic heterocycles. The van der Waals surface area contributed by atoms with Crippen LogP contribution in [0.1, 0.15) is 85.8 Å². The molecule has 6 atom stereocenters. The number of amides is 4. The maximum atomic E-state index is 14.9. The van der Waals surface area contributed by atoms with Crippen LogP contribution in [0.5, 0.6) is 11.5 Å². The van der Waals surface area contributed by atoms with Crippen LogP contribution < -0.4 is 19.5 Å². The Morgan fingerprint density at radius 1 is 1.09 bits per heavy atom. The van der Waals surface area contributed by atoms with Gasteiger partial charge in [0.1, 0.15) is 52.5 Å². The zero-order valence-corrected chi connectivity index (χ0v) is 40.2. The fourth-order valence-corrected chi connectivity index (χ4v) is 10.8. The summed E-state index contributed by atoms with van der Waals surface area (Å²) in [6.45, 7) is 20.7. The predicted octanol–water partition coefficient (Wildman–Crippen LogP) is 4.57. The van der Waals surface area contributed by atoms with Crippen LogP contribution in [0.2, 0.25) is 5.02 Å². The van der Waals surface area contributed by atoms with Crippen LogP contribution in [-0.4, -0.2) is 148 Å². The second-order valence-corrected chi connectivity index (χ2v) is 22.0. The average molecular weight is 954 g/mol. The molecule has 5 heterocycles. The predicted molar refractivity (Wildman–Crippen MR) is 245 cm³/mol. The lowest BCUT2D eigenvalue weighted by molar-refractivity contribution is -0.153. The molecule has 5 aliphatic rings. The molecule has 0 bridgehead atoms. The summed E-state index contributed by atoms with van der Waals surface area (Å²) in [5.41, 5.74) is -1.27. The molecule has 2 saturated carbocycles. The quantitative estimate of drug-likeness (QED) is 0.201. The van der Waals surface area contributed by atoms with Gasteiger partial charge in [-0.2, -0.15) is 5.10 Å². The number of nitrogens with zero attached hydrogens (tertiary/aromatic N) is 6. The highest BCUT2D eigenvalue weighted by atomic mass is 35.5. The lowest BCUT2D eigenvalue weighted by Gasteiger charge is -2.46. The molecular weight excluding hydrogens is 892 g/mol. The van der Waals surface area contributed by atoms with Crippen molar-refractivity contribution in [3.05, 3.63) is 53.8 Å². The van der Waals surface area contributed by atoms with Crippen molar-refractivity contribution in [1.29, 1.82) is 0 Å². The van der Waals surface area contributed by atoms with Crippen molar-refractivity contribution in [3.8, 4) is 17.3 Å². The van der Waals surface area contributed by atoms with E-state index < -0.39 is 86.3 Å². The van der Waals surface area contributed by atoms with E-state index in [9.17, 15) is 27.6 Å². The number of piperazine rings is 1. The summed E-state index contributed by atoms with van der Waals surface area (Å²) in [6.07, 6.45) is 2.65. The van der Waals surface area contributed by atoms with Crippen LogP contribution in [0.4, 0.5) is 4.79 Å². The number of benzene rings is 1. The van der Waals surface area contributed by atoms with Gasteiger partial charge in [0.25, 0.3) is 5.91 Å². The number of fused-ring (bicyclic) bond motifs is 2. The molecule has 0 unspecified atom stereocenters. The van der Waals surface area contributed by atoms with E-state index in [4.69, 9.17) is 40.6 Å². The second-order valence-electron chi connectivity index (χ2n) is 19.6. The maximum Gasteiger partial charge on any atom is 0.411 e. The minimum Gasteiger partial charge on any atom is -0.491 e. The van der Waals surface area contributed by atoms with Crippen molar-refractivity contribution in [2.45, 2.75) is 121 Å². The van der Waals surface area contributed by atoms with Crippen molar-refractivity contribution >= 4 is 56.3 Å². The van der Waals surface area contributed by atoms with Gasteiger partial charge >= 0.3 is 6.09 Å². The number of pyridine rings is 1. The highest BCUT2D eigenvalue weighted by molar-refractivity contribution is 7.91. The van der Waals surface area contributed by atoms with E-state index >= 15 is 0 Å². The number of morpholine rings is 1. The smallest absolute Gasteiger partial charge is 0.411 e. The largest absolute Gasteiger partial charge is 0.491 e. The van der Waals surface area contributed by atoms with Crippen LogP contribution in [0.3, 0.4) is 0 Å². The molecule has 2 N–H and O–H groups in total. The van der Waals surface area contributed by atoms with Gasteiger partial charge in [-0.15, -0.1) is 6.58 Å². The molecule has 1 aromatic carbocycles. The first-order chi connectivity index (χ1) is 31.2. The Hall–Kier alpha value is -4.98. The van der Waals surface area contributed by atoms with Crippen LogP contribution in [0, 0.1) is 11.8 Å². The fourth-order valence-electron chi connectivity index (χ4n) is 9.13. The number of sulfonamides is 1. The van der Waals surface area contributed by atoms with Crippen molar-refractivity contribution in [3.63, 3.8) is 0 Å². The van der Waals surface area contributed by atoms with Gasteiger partial charge in [0.2, 0.25) is 21.8 Å². The van der Waals surface area contributed by atoms with Crippen molar-refractivity contribution in [1.82, 2.24) is 39.5 Å². The Bertz CT molecular complexity index is 2500. The van der Waals surface area contributed by atoms with Gasteiger partial charge in [0, 0.05) is 56.2 Å². The lowest BCUT2D eigenvalue weighted by atomic mass is 9.96. The number of carbonyl (C=O) groups is 4. The van der Waals surface area contributed by atoms with Gasteiger partial charge in [0.05, 0.1) is 35.7 Å². The van der Waals surface area contributed by atoms with Gasteiger partial charge in [0.15, 0.2) is 5.82 Å². The zero-order chi connectivity index (χ0) is 47.5. The monoisotopic (exact) mass is 952 g/mol. The fraction of sp³-hybridized carbons (Fsp3) is 0.609. The second kappa shape index (κ2) is 18.3. The summed E-state index contributed by atoms with van der Waals surface area (Å²) >= 11 is 7.14. The molecule has 0 radical (unpaired) electrons. The minimum absolute atomic E-state index is 0.0485. The molecule has 20 heteroatoms. The van der Waals surface area contributed by atoms with Gasteiger partial charge in [-0.3, -0.25) is 28.9 Å². The van der Waals surface area contributed by atoms with Crippen molar-refractivity contribution in [2.24, 2.45) is 11.8 Å². The standard InChI is InChI=1S/C46H61ClN8O10S/c1-9-28-24-46(28,43(58)51-66(60,61)29-10-11-29)49-41(56)32-22-36(33-25-53(44(59)65-45(6,7)8)40(27(4)5)42(57)55(32)33)64-35-23-37(54-15-14-31(50-54)26(2)3)48-39-30(35)12-13-34(38(39)47)63-21-18-52-16-19-62-20-17-52/h9,12-15,23,26-29,32-33,36,40H,1,10-11,16-22,24-25H2,2-8H3,(H,49,56)(H,51,58)/t28-,32+,33-,36-,40-,46-/m1/s1. The number of hydrogen-bond donors (Lipinski definition) is 2. The molecule has 358 valence electrons. The summed E-state index contributed by atoms with van der Waals surface area (Å²) < 4.78 is 54.2. The molecule has 18 nitrogen and oxygen atoms in total. The lowest BCUT2D eigenvalue weighted by Crippen LogP contribution is -2.67. The van der Waals surface area contributed by atoms with E-state index in [2.05, 4.69) is 21.5 Å². The highest BCUT2D eigenvalue weighted by Gasteiger charge is 2.63. The Labute approximate surface area is 390 Å². The van der Waals surface area contributed by atoms with E-state index in [1.54, 1.807) is 49.8 Å². The average Bonchev–Trinajstić information content (AvgIpc) is 4.15. The highest BCUT2D eigenvalue weighted by Crippen LogP contribution is 2.46. The third kappa shape index (κ3) is 9.58. The first kappa shape index (κ1) is 47.5. The number of ether oxygens (including phenoxy) is 4. The molecule has 3 aromatic rings. The Balaban J connectivity index is 1.16. The van der Waals surface area contributed by atoms with Crippen molar-refractivity contribution < 1.29 is 46.5 Å². The molecular formula is C46H61ClN8O10S. The number of halogens is 1. The zero-order valence-electron chi connectivity index (χ0n) is 38.6. The van der Waals surface area contributed by atoms with Crippen LogP contribution in [0.15, 0.2) is 43.1 Å². The van der Waals surface area contributed by atoms with Gasteiger partial charge < -0.3 is 29.2 Å². The van der Waals surface area contributed by atoms with Crippen LogP contribution in [-0.2, 0) is 33.9 Å². The summed E-state index contributed by atoms with van der Waals surface area (Å²) in [5.74, 6) is -1.71. The molecule has 2 aliphatic carbocycles. The molecule has 3 aliphatic heterocycles. The van der Waals surface area contributed by atoms with Gasteiger partial charge in [-0.25, -0.2) is 22.9 Å². The number of rotatable bonds is 15. The van der Waals surface area contributed by atoms with E-state index in [-0.39, 0.29) is 30.3 Å². The first-order valence-corrected chi connectivity index (χ1v) is 24.7. The molecule has 8 rings (SSSR count). The molecule has 4 amide bonds. The molecule has 0 spiro atoms. The van der Waals surface area contributed by atoms with E-state index in [0.717, 1.165) is 18.8 Å². The molecule has 66 heavy (non-hydrogen) atoms. The van der Waals surface area contributed by atoms with Crippen LogP contribution in [0.25, 0.3) is 16.7 Å². The number of carbonyl (C=O) groups excluding carboxylic acids is 4.